The fourth-order valence-corrected chi connectivity index (χ4v) is 4.44. The zero-order valence-corrected chi connectivity index (χ0v) is 18.9. The second-order valence-corrected chi connectivity index (χ2v) is 9.23. The van der Waals surface area contributed by atoms with Gasteiger partial charge in [-0.1, -0.05) is 17.7 Å². The summed E-state index contributed by atoms with van der Waals surface area (Å²) in [5.74, 6) is -0.584. The number of hydrogen-bond donors (Lipinski definition) is 3. The van der Waals surface area contributed by atoms with Crippen LogP contribution in [0.2, 0.25) is 5.02 Å². The molecule has 0 aliphatic heterocycles. The van der Waals surface area contributed by atoms with Crippen molar-refractivity contribution in [3.63, 3.8) is 0 Å². The molecular weight excluding hydrogens is 440 g/mol. The van der Waals surface area contributed by atoms with Gasteiger partial charge in [-0.25, -0.2) is 8.42 Å². The van der Waals surface area contributed by atoms with E-state index in [1.165, 1.54) is 24.3 Å². The zero-order chi connectivity index (χ0) is 22.8. The molecule has 0 saturated heterocycles. The molecule has 0 aliphatic rings. The van der Waals surface area contributed by atoms with Crippen LogP contribution in [0.5, 0.6) is 5.75 Å². The topological polar surface area (TPSA) is 113 Å². The van der Waals surface area contributed by atoms with E-state index in [0.29, 0.717) is 17.1 Å². The maximum Gasteiger partial charge on any atom is 0.261 e. The van der Waals surface area contributed by atoms with Crippen molar-refractivity contribution in [3.8, 4) is 5.75 Å². The van der Waals surface area contributed by atoms with Crippen molar-refractivity contribution in [1.29, 1.82) is 0 Å². The number of halogens is 1. The van der Waals surface area contributed by atoms with Crippen LogP contribution in [0.25, 0.3) is 0 Å². The van der Waals surface area contributed by atoms with Gasteiger partial charge in [0.1, 0.15) is 5.75 Å². The largest absolute Gasteiger partial charge is 0.506 e. The van der Waals surface area contributed by atoms with Crippen LogP contribution >= 0.6 is 11.6 Å². The lowest BCUT2D eigenvalue weighted by Gasteiger charge is -2.12. The highest BCUT2D eigenvalue weighted by Gasteiger charge is 2.18. The molecule has 0 saturated carbocycles. The van der Waals surface area contributed by atoms with Gasteiger partial charge in [0, 0.05) is 24.2 Å². The lowest BCUT2D eigenvalue weighted by molar-refractivity contribution is -0.116. The number of nitrogens with zero attached hydrogens (tertiary/aromatic N) is 2. The molecule has 1 aromatic heterocycles. The summed E-state index contributed by atoms with van der Waals surface area (Å²) in [4.78, 5) is 12.3. The van der Waals surface area contributed by atoms with Gasteiger partial charge in [-0.3, -0.25) is 14.2 Å². The minimum absolute atomic E-state index is 0.0126. The summed E-state index contributed by atoms with van der Waals surface area (Å²) in [5, 5.41) is 17.4. The molecule has 3 rings (SSSR count). The molecule has 0 bridgehead atoms. The van der Waals surface area contributed by atoms with Gasteiger partial charge >= 0.3 is 0 Å². The van der Waals surface area contributed by atoms with E-state index in [0.717, 1.165) is 17.0 Å². The number of amides is 1. The third kappa shape index (κ3) is 5.36. The van der Waals surface area contributed by atoms with Crippen LogP contribution in [0.1, 0.15) is 23.4 Å². The molecule has 0 unspecified atom stereocenters. The first-order valence-electron chi connectivity index (χ1n) is 9.47. The SMILES string of the molecule is Cc1nn(C)c(C)c1CCC(=O)Nc1cc(S(=O)(=O)Nc2cccc(Cl)c2)ccc1O. The standard InChI is InChI=1S/C21H23ClN4O4S/c1-13-18(14(2)26(3)24-13)8-10-21(28)23-19-12-17(7-9-20(19)27)31(29,30)25-16-6-4-5-15(22)11-16/h4-7,9,11-12,25,27H,8,10H2,1-3H3,(H,23,28). The molecule has 0 fully saturated rings. The number of anilines is 2. The Hall–Kier alpha value is -3.04. The van der Waals surface area contributed by atoms with Crippen molar-refractivity contribution in [3.05, 3.63) is 64.4 Å². The van der Waals surface area contributed by atoms with Crippen molar-refractivity contribution in [2.24, 2.45) is 7.05 Å². The first-order chi connectivity index (χ1) is 14.6. The second kappa shape index (κ2) is 8.99. The van der Waals surface area contributed by atoms with Crippen LogP contribution in [0.3, 0.4) is 0 Å². The number of nitrogens with one attached hydrogen (secondary N) is 2. The van der Waals surface area contributed by atoms with E-state index in [1.807, 2.05) is 20.9 Å². The molecule has 1 heterocycles. The number of phenols is 1. The summed E-state index contributed by atoms with van der Waals surface area (Å²) < 4.78 is 29.6. The number of phenolic OH excluding ortho intramolecular Hbond substituents is 1. The van der Waals surface area contributed by atoms with Gasteiger partial charge in [0.05, 0.1) is 22.0 Å². The fourth-order valence-electron chi connectivity index (χ4n) is 3.18. The number of aromatic hydroxyl groups is 1. The molecule has 3 aromatic rings. The zero-order valence-electron chi connectivity index (χ0n) is 17.3. The van der Waals surface area contributed by atoms with Crippen LogP contribution in [0, 0.1) is 13.8 Å². The van der Waals surface area contributed by atoms with Gasteiger partial charge in [0.15, 0.2) is 0 Å². The molecule has 164 valence electrons. The molecule has 1 amide bonds. The Balaban J connectivity index is 1.73. The van der Waals surface area contributed by atoms with Gasteiger partial charge in [-0.15, -0.1) is 0 Å². The van der Waals surface area contributed by atoms with Crippen molar-refractivity contribution in [2.75, 3.05) is 10.0 Å². The molecular formula is C21H23ClN4O4S. The molecule has 3 N–H and O–H groups in total. The number of carbonyl (C=O) groups excluding carboxylic acids is 1. The normalized spacial score (nSPS) is 11.4. The predicted octanol–water partition coefficient (Wildman–Crippen LogP) is 3.77. The highest BCUT2D eigenvalue weighted by Crippen LogP contribution is 2.28. The van der Waals surface area contributed by atoms with E-state index < -0.39 is 10.0 Å². The Morgan fingerprint density at radius 3 is 2.58 bits per heavy atom. The summed E-state index contributed by atoms with van der Waals surface area (Å²) in [5.41, 5.74) is 3.14. The number of hydrogen-bond acceptors (Lipinski definition) is 5. The average Bonchev–Trinajstić information content (AvgIpc) is 2.93. The van der Waals surface area contributed by atoms with Crippen molar-refractivity contribution in [1.82, 2.24) is 9.78 Å². The average molecular weight is 463 g/mol. The molecule has 0 spiro atoms. The highest BCUT2D eigenvalue weighted by molar-refractivity contribution is 7.92. The summed E-state index contributed by atoms with van der Waals surface area (Å²) in [6.45, 7) is 3.81. The Labute approximate surface area is 185 Å². The maximum absolute atomic E-state index is 12.7. The summed E-state index contributed by atoms with van der Waals surface area (Å²) in [6.07, 6.45) is 0.636. The number of rotatable bonds is 7. The van der Waals surface area contributed by atoms with Crippen LogP contribution in [0.4, 0.5) is 11.4 Å². The maximum atomic E-state index is 12.7. The van der Waals surface area contributed by atoms with E-state index in [1.54, 1.807) is 22.9 Å². The molecule has 8 nitrogen and oxygen atoms in total. The van der Waals surface area contributed by atoms with E-state index in [4.69, 9.17) is 11.6 Å². The van der Waals surface area contributed by atoms with Gasteiger partial charge in [0.2, 0.25) is 5.91 Å². The van der Waals surface area contributed by atoms with Crippen LogP contribution < -0.4 is 10.0 Å². The van der Waals surface area contributed by atoms with Crippen molar-refractivity contribution < 1.29 is 18.3 Å². The van der Waals surface area contributed by atoms with E-state index >= 15 is 0 Å². The summed E-state index contributed by atoms with van der Waals surface area (Å²) in [6, 6.07) is 9.97. The molecule has 0 atom stereocenters. The van der Waals surface area contributed by atoms with Gasteiger partial charge in [-0.2, -0.15) is 5.10 Å². The minimum atomic E-state index is -3.95. The van der Waals surface area contributed by atoms with E-state index in [2.05, 4.69) is 15.1 Å². The van der Waals surface area contributed by atoms with Gasteiger partial charge in [0.25, 0.3) is 10.0 Å². The van der Waals surface area contributed by atoms with Crippen LogP contribution in [0.15, 0.2) is 47.4 Å². The third-order valence-electron chi connectivity index (χ3n) is 4.89. The number of carbonyl (C=O) groups is 1. The number of aryl methyl sites for hydroxylation is 2. The van der Waals surface area contributed by atoms with E-state index in [9.17, 15) is 18.3 Å². The third-order valence-corrected chi connectivity index (χ3v) is 6.50. The monoisotopic (exact) mass is 462 g/mol. The lowest BCUT2D eigenvalue weighted by atomic mass is 10.1. The van der Waals surface area contributed by atoms with E-state index in [-0.39, 0.29) is 28.7 Å². The second-order valence-electron chi connectivity index (χ2n) is 7.12. The lowest BCUT2D eigenvalue weighted by Crippen LogP contribution is -2.15. The summed E-state index contributed by atoms with van der Waals surface area (Å²) in [7, 11) is -2.11. The number of aromatic nitrogens is 2. The van der Waals surface area contributed by atoms with Gasteiger partial charge in [-0.05, 0) is 62.2 Å². The fraction of sp³-hybridized carbons (Fsp3) is 0.238. The summed E-state index contributed by atoms with van der Waals surface area (Å²) >= 11 is 5.90. The van der Waals surface area contributed by atoms with Crippen molar-refractivity contribution in [2.45, 2.75) is 31.6 Å². The molecule has 31 heavy (non-hydrogen) atoms. The van der Waals surface area contributed by atoms with Crippen molar-refractivity contribution >= 4 is 38.9 Å². The van der Waals surface area contributed by atoms with Gasteiger partial charge < -0.3 is 10.4 Å². The smallest absolute Gasteiger partial charge is 0.261 e. The minimum Gasteiger partial charge on any atom is -0.506 e. The Morgan fingerprint density at radius 2 is 1.94 bits per heavy atom. The Morgan fingerprint density at radius 1 is 1.19 bits per heavy atom. The molecule has 0 aliphatic carbocycles. The van der Waals surface area contributed by atoms with Crippen LogP contribution in [-0.2, 0) is 28.3 Å². The predicted molar refractivity (Wildman–Crippen MR) is 120 cm³/mol. The number of benzene rings is 2. The number of sulfonamides is 1. The quantitative estimate of drug-likeness (QED) is 0.462. The Kier molecular flexibility index (Phi) is 6.56. The first-order valence-corrected chi connectivity index (χ1v) is 11.3. The molecule has 0 radical (unpaired) electrons. The molecule has 10 heteroatoms. The first kappa shape index (κ1) is 22.6. The Bertz CT molecular complexity index is 1240. The van der Waals surface area contributed by atoms with Crippen LogP contribution in [-0.4, -0.2) is 29.2 Å². The highest BCUT2D eigenvalue weighted by atomic mass is 35.5. The molecule has 2 aromatic carbocycles.